The fourth-order valence-corrected chi connectivity index (χ4v) is 3.00. The Kier molecular flexibility index (Phi) is 4.45. The molecule has 0 spiro atoms. The van der Waals surface area contributed by atoms with Crippen LogP contribution in [0.2, 0.25) is 0 Å². The number of aliphatic hydroxyl groups excluding tert-OH is 1. The van der Waals surface area contributed by atoms with Crippen LogP contribution in [0.3, 0.4) is 0 Å². The molecule has 2 atom stereocenters. The average Bonchev–Trinajstić information content (AvgIpc) is 2.50. The second-order valence-electron chi connectivity index (χ2n) is 6.32. The van der Waals surface area contributed by atoms with Crippen molar-refractivity contribution in [3.05, 3.63) is 0 Å². The van der Waals surface area contributed by atoms with Gasteiger partial charge in [0.2, 0.25) is 0 Å². The number of aliphatic hydroxyl groups is 1. The Hall–Kier alpha value is -0.120. The molecule has 100 valence electrons. The van der Waals surface area contributed by atoms with E-state index in [1.165, 1.54) is 38.8 Å². The van der Waals surface area contributed by atoms with E-state index in [9.17, 15) is 5.11 Å². The number of likely N-dealkylation sites (tertiary alicyclic amines) is 1. The first-order valence-electron chi connectivity index (χ1n) is 7.11. The summed E-state index contributed by atoms with van der Waals surface area (Å²) < 4.78 is 5.83. The van der Waals surface area contributed by atoms with Gasteiger partial charge >= 0.3 is 0 Å². The third-order valence-corrected chi connectivity index (χ3v) is 4.12. The molecule has 3 heteroatoms. The van der Waals surface area contributed by atoms with Crippen LogP contribution in [0, 0.1) is 5.92 Å². The summed E-state index contributed by atoms with van der Waals surface area (Å²) in [5, 5.41) is 10.2. The SMILES string of the molecule is CC1(C)C[C@H](O)[C@@H](CN2CCCCCC2)CO1. The van der Waals surface area contributed by atoms with Crippen molar-refractivity contribution < 1.29 is 9.84 Å². The highest BCUT2D eigenvalue weighted by Gasteiger charge is 2.35. The first-order chi connectivity index (χ1) is 8.07. The molecular formula is C14H27NO2. The van der Waals surface area contributed by atoms with Crippen LogP contribution in [0.15, 0.2) is 0 Å². The van der Waals surface area contributed by atoms with Gasteiger partial charge in [0.25, 0.3) is 0 Å². The zero-order chi connectivity index (χ0) is 12.3. The van der Waals surface area contributed by atoms with Crippen molar-refractivity contribution in [2.45, 2.75) is 57.7 Å². The Morgan fingerprint density at radius 3 is 2.41 bits per heavy atom. The summed E-state index contributed by atoms with van der Waals surface area (Å²) in [7, 11) is 0. The molecule has 2 heterocycles. The van der Waals surface area contributed by atoms with Crippen molar-refractivity contribution in [1.82, 2.24) is 4.90 Å². The van der Waals surface area contributed by atoms with E-state index in [0.29, 0.717) is 12.5 Å². The molecule has 0 unspecified atom stereocenters. The molecule has 17 heavy (non-hydrogen) atoms. The van der Waals surface area contributed by atoms with Gasteiger partial charge in [-0.1, -0.05) is 12.8 Å². The number of rotatable bonds is 2. The predicted molar refractivity (Wildman–Crippen MR) is 69.1 cm³/mol. The van der Waals surface area contributed by atoms with Crippen molar-refractivity contribution in [2.24, 2.45) is 5.92 Å². The summed E-state index contributed by atoms with van der Waals surface area (Å²) in [6.07, 6.45) is 5.94. The lowest BCUT2D eigenvalue weighted by Gasteiger charge is -2.40. The lowest BCUT2D eigenvalue weighted by Crippen LogP contribution is -2.47. The molecule has 0 aromatic carbocycles. The fourth-order valence-electron chi connectivity index (χ4n) is 3.00. The first-order valence-corrected chi connectivity index (χ1v) is 7.11. The Bertz CT molecular complexity index is 234. The molecule has 2 aliphatic rings. The second-order valence-corrected chi connectivity index (χ2v) is 6.32. The van der Waals surface area contributed by atoms with Gasteiger partial charge in [-0.2, -0.15) is 0 Å². The summed E-state index contributed by atoms with van der Waals surface area (Å²) in [5.41, 5.74) is -0.144. The van der Waals surface area contributed by atoms with Crippen LogP contribution in [0.25, 0.3) is 0 Å². The van der Waals surface area contributed by atoms with Gasteiger partial charge in [0.05, 0.1) is 18.3 Å². The Labute approximate surface area is 105 Å². The van der Waals surface area contributed by atoms with Crippen LogP contribution in [0.1, 0.15) is 46.0 Å². The van der Waals surface area contributed by atoms with Crippen LogP contribution in [-0.2, 0) is 4.74 Å². The molecule has 2 rings (SSSR count). The molecule has 2 saturated heterocycles. The molecule has 2 aliphatic heterocycles. The van der Waals surface area contributed by atoms with Crippen molar-refractivity contribution in [1.29, 1.82) is 0 Å². The van der Waals surface area contributed by atoms with Gasteiger partial charge in [-0.25, -0.2) is 0 Å². The smallest absolute Gasteiger partial charge is 0.0651 e. The van der Waals surface area contributed by atoms with E-state index in [2.05, 4.69) is 18.7 Å². The second kappa shape index (κ2) is 5.68. The molecule has 3 nitrogen and oxygen atoms in total. The van der Waals surface area contributed by atoms with Gasteiger partial charge in [-0.3, -0.25) is 0 Å². The van der Waals surface area contributed by atoms with Gasteiger partial charge < -0.3 is 14.7 Å². The minimum absolute atomic E-state index is 0.144. The molecule has 0 aromatic heterocycles. The predicted octanol–water partition coefficient (Wildman–Crippen LogP) is 2.04. The first kappa shape index (κ1) is 13.3. The van der Waals surface area contributed by atoms with Crippen LogP contribution >= 0.6 is 0 Å². The standard InChI is InChI=1S/C14H27NO2/c1-14(2)9-13(16)12(11-17-14)10-15-7-5-3-4-6-8-15/h12-13,16H,3-11H2,1-2H3/t12-,13-/m0/s1. The number of nitrogens with zero attached hydrogens (tertiary/aromatic N) is 1. The lowest BCUT2D eigenvalue weighted by molar-refractivity contribution is -0.133. The Morgan fingerprint density at radius 1 is 1.18 bits per heavy atom. The zero-order valence-corrected chi connectivity index (χ0v) is 11.3. The van der Waals surface area contributed by atoms with E-state index in [0.717, 1.165) is 13.0 Å². The van der Waals surface area contributed by atoms with Crippen molar-refractivity contribution >= 4 is 0 Å². The van der Waals surface area contributed by atoms with Crippen LogP contribution in [0.4, 0.5) is 0 Å². The maximum atomic E-state index is 10.2. The fraction of sp³-hybridized carbons (Fsp3) is 1.00. The van der Waals surface area contributed by atoms with Gasteiger partial charge in [-0.15, -0.1) is 0 Å². The van der Waals surface area contributed by atoms with E-state index in [4.69, 9.17) is 4.74 Å². The lowest BCUT2D eigenvalue weighted by atomic mass is 9.88. The van der Waals surface area contributed by atoms with Gasteiger partial charge in [0.15, 0.2) is 0 Å². The molecule has 0 amide bonds. The molecule has 2 fully saturated rings. The van der Waals surface area contributed by atoms with Crippen molar-refractivity contribution in [2.75, 3.05) is 26.2 Å². The number of hydrogen-bond donors (Lipinski definition) is 1. The highest BCUT2D eigenvalue weighted by molar-refractivity contribution is 4.85. The van der Waals surface area contributed by atoms with E-state index in [-0.39, 0.29) is 11.7 Å². The summed E-state index contributed by atoms with van der Waals surface area (Å²) in [4.78, 5) is 2.52. The maximum Gasteiger partial charge on any atom is 0.0651 e. The summed E-state index contributed by atoms with van der Waals surface area (Å²) >= 11 is 0. The summed E-state index contributed by atoms with van der Waals surface area (Å²) in [5.74, 6) is 0.307. The minimum Gasteiger partial charge on any atom is -0.393 e. The monoisotopic (exact) mass is 241 g/mol. The van der Waals surface area contributed by atoms with E-state index >= 15 is 0 Å². The number of hydrogen-bond acceptors (Lipinski definition) is 3. The maximum absolute atomic E-state index is 10.2. The largest absolute Gasteiger partial charge is 0.393 e. The molecule has 0 radical (unpaired) electrons. The summed E-state index contributed by atoms with van der Waals surface area (Å²) in [6.45, 7) is 8.26. The zero-order valence-electron chi connectivity index (χ0n) is 11.3. The third-order valence-electron chi connectivity index (χ3n) is 4.12. The quantitative estimate of drug-likeness (QED) is 0.803. The van der Waals surface area contributed by atoms with Crippen LogP contribution in [0.5, 0.6) is 0 Å². The Balaban J connectivity index is 1.82. The van der Waals surface area contributed by atoms with E-state index in [1.54, 1.807) is 0 Å². The highest BCUT2D eigenvalue weighted by atomic mass is 16.5. The minimum atomic E-state index is -0.193. The molecule has 1 N–H and O–H groups in total. The molecule has 0 aliphatic carbocycles. The third kappa shape index (κ3) is 3.94. The molecule has 0 aromatic rings. The van der Waals surface area contributed by atoms with Gasteiger partial charge in [0.1, 0.15) is 0 Å². The van der Waals surface area contributed by atoms with Crippen molar-refractivity contribution in [3.8, 4) is 0 Å². The topological polar surface area (TPSA) is 32.7 Å². The normalized spacial score (nSPS) is 35.5. The average molecular weight is 241 g/mol. The summed E-state index contributed by atoms with van der Waals surface area (Å²) in [6, 6.07) is 0. The van der Waals surface area contributed by atoms with E-state index < -0.39 is 0 Å². The number of ether oxygens (including phenoxy) is 1. The molecule has 0 bridgehead atoms. The van der Waals surface area contributed by atoms with Crippen LogP contribution in [-0.4, -0.2) is 48.0 Å². The molecule has 0 saturated carbocycles. The highest BCUT2D eigenvalue weighted by Crippen LogP contribution is 2.28. The van der Waals surface area contributed by atoms with E-state index in [1.807, 2.05) is 0 Å². The molecular weight excluding hydrogens is 214 g/mol. The van der Waals surface area contributed by atoms with Crippen molar-refractivity contribution in [3.63, 3.8) is 0 Å². The van der Waals surface area contributed by atoms with Crippen LogP contribution < -0.4 is 0 Å². The van der Waals surface area contributed by atoms with Gasteiger partial charge in [-0.05, 0) is 39.8 Å². The Morgan fingerprint density at radius 2 is 1.82 bits per heavy atom. The van der Waals surface area contributed by atoms with Gasteiger partial charge in [0, 0.05) is 18.9 Å².